The number of unbranched alkanes of at least 4 members (excludes halogenated alkanes) is 1. The number of hydrogen-bond donors (Lipinski definition) is 5. The van der Waals surface area contributed by atoms with Gasteiger partial charge in [-0.2, -0.15) is 13.8 Å². The molecular formula is C42H63F2N5O8. The van der Waals surface area contributed by atoms with Crippen LogP contribution in [-0.4, -0.2) is 81.6 Å². The van der Waals surface area contributed by atoms with Crippen LogP contribution in [0.3, 0.4) is 0 Å². The molecule has 4 fully saturated rings. The lowest BCUT2D eigenvalue weighted by Gasteiger charge is -2.58. The Morgan fingerprint density at radius 2 is 1.79 bits per heavy atom. The summed E-state index contributed by atoms with van der Waals surface area (Å²) in [6, 6.07) is 1.10. The minimum absolute atomic E-state index is 0.130. The van der Waals surface area contributed by atoms with Gasteiger partial charge in [-0.15, -0.1) is 0 Å². The molecule has 10 atom stereocenters. The number of fused-ring (bicyclic) bond motifs is 5. The molecule has 15 heteroatoms. The highest BCUT2D eigenvalue weighted by Crippen LogP contribution is 2.67. The molecule has 318 valence electrons. The maximum atomic E-state index is 14.4. The van der Waals surface area contributed by atoms with Gasteiger partial charge in [-0.1, -0.05) is 58.6 Å². The lowest BCUT2D eigenvalue weighted by Crippen LogP contribution is -2.50. The van der Waals surface area contributed by atoms with Crippen molar-refractivity contribution in [3.63, 3.8) is 0 Å². The van der Waals surface area contributed by atoms with Crippen molar-refractivity contribution in [2.24, 2.45) is 40.4 Å². The summed E-state index contributed by atoms with van der Waals surface area (Å²) >= 11 is 0. The lowest BCUT2D eigenvalue weighted by molar-refractivity contribution is -0.141. The van der Waals surface area contributed by atoms with Gasteiger partial charge in [0.05, 0.1) is 6.61 Å². The van der Waals surface area contributed by atoms with Crippen LogP contribution in [0, 0.1) is 40.4 Å². The molecule has 0 radical (unpaired) electrons. The number of anilines is 1. The van der Waals surface area contributed by atoms with Gasteiger partial charge in [0.15, 0.2) is 6.10 Å². The number of halogens is 2. The molecule has 3 saturated carbocycles. The van der Waals surface area contributed by atoms with Gasteiger partial charge >= 0.3 is 17.7 Å². The number of hydrogen-bond acceptors (Lipinski definition) is 9. The van der Waals surface area contributed by atoms with Crippen molar-refractivity contribution in [3.8, 4) is 0 Å². The Morgan fingerprint density at radius 1 is 1.04 bits per heavy atom. The summed E-state index contributed by atoms with van der Waals surface area (Å²) in [5.41, 5.74) is 0.919. The van der Waals surface area contributed by atoms with E-state index in [0.29, 0.717) is 15.9 Å². The Hall–Kier alpha value is -3.43. The number of alkyl halides is 2. The number of ether oxygens (including phenoxy) is 2. The molecule has 5 aliphatic rings. The molecule has 4 aliphatic carbocycles. The molecule has 10 unspecified atom stereocenters. The minimum Gasteiger partial charge on any atom is -0.446 e. The number of alkyl carbamates (subject to hydrolysis) is 1. The van der Waals surface area contributed by atoms with Crippen molar-refractivity contribution < 1.29 is 42.9 Å². The molecule has 5 N–H and O–H groups in total. The van der Waals surface area contributed by atoms with Gasteiger partial charge in [0.1, 0.15) is 18.0 Å². The van der Waals surface area contributed by atoms with Crippen LogP contribution < -0.4 is 21.6 Å². The SMILES string of the molecule is CC(C)CCCCC1CCC2C3CC=C4CC(OC(=O)NCCNC(=O)CCC(=O)Nc5ccn(C6OC(CO)C(O)C6(F)F)c(=O)n5)CCC4(C)C3CCC12C. The Bertz CT molecular complexity index is 1710. The topological polar surface area (TPSA) is 181 Å². The summed E-state index contributed by atoms with van der Waals surface area (Å²) in [6.07, 6.45) is 10.8. The molecule has 13 nitrogen and oxygen atoms in total. The standard InChI is InChI=1S/C42H63F2N5O8/c1-25(2)7-5-6-8-26-10-12-30-29-11-9-27-23-28(15-18-41(27,4)31(29)16-19-40(26,30)3)56-39(55)46-21-20-45-34(51)13-14-35(52)47-33-17-22-49(38(54)48-33)37-42(43,44)36(53)32(24-50)57-37/h9,17,22,25-26,28-32,36-37,50,53H,5-8,10-16,18-21,23-24H2,1-4H3,(H,45,51)(H,46,55)(H,47,48,52,54). The van der Waals surface area contributed by atoms with E-state index in [2.05, 4.69) is 54.7 Å². The molecule has 0 aromatic carbocycles. The number of nitrogens with one attached hydrogen (secondary N) is 3. The van der Waals surface area contributed by atoms with Gasteiger partial charge in [0.2, 0.25) is 18.0 Å². The maximum Gasteiger partial charge on any atom is 0.407 e. The van der Waals surface area contributed by atoms with Crippen molar-refractivity contribution in [3.05, 3.63) is 34.4 Å². The van der Waals surface area contributed by atoms with Gasteiger partial charge in [0.25, 0.3) is 0 Å². The van der Waals surface area contributed by atoms with E-state index >= 15 is 0 Å². The fourth-order valence-corrected chi connectivity index (χ4v) is 11.1. The molecule has 0 spiro atoms. The van der Waals surface area contributed by atoms with Crippen LogP contribution in [-0.2, 0) is 19.1 Å². The first-order valence-corrected chi connectivity index (χ1v) is 21.2. The molecule has 57 heavy (non-hydrogen) atoms. The second kappa shape index (κ2) is 17.8. The summed E-state index contributed by atoms with van der Waals surface area (Å²) in [4.78, 5) is 53.4. The number of allylic oxidation sites excluding steroid dienone is 1. The quantitative estimate of drug-likeness (QED) is 0.107. The van der Waals surface area contributed by atoms with Gasteiger partial charge < -0.3 is 35.6 Å². The maximum absolute atomic E-state index is 14.4. The Labute approximate surface area is 334 Å². The Balaban J connectivity index is 0.880. The van der Waals surface area contributed by atoms with Gasteiger partial charge in [-0.05, 0) is 97.9 Å². The summed E-state index contributed by atoms with van der Waals surface area (Å²) in [5, 5.41) is 26.6. The molecular weight excluding hydrogens is 740 g/mol. The average Bonchev–Trinajstić information content (AvgIpc) is 3.62. The zero-order valence-electron chi connectivity index (χ0n) is 33.9. The molecule has 0 bridgehead atoms. The summed E-state index contributed by atoms with van der Waals surface area (Å²) < 4.78 is 40.1. The normalized spacial score (nSPS) is 34.1. The average molecular weight is 804 g/mol. The highest BCUT2D eigenvalue weighted by molar-refractivity contribution is 5.92. The van der Waals surface area contributed by atoms with E-state index in [0.717, 1.165) is 61.6 Å². The molecule has 1 aromatic rings. The van der Waals surface area contributed by atoms with Crippen LogP contribution in [0.4, 0.5) is 19.4 Å². The first-order chi connectivity index (χ1) is 27.1. The Morgan fingerprint density at radius 3 is 2.51 bits per heavy atom. The van der Waals surface area contributed by atoms with E-state index in [-0.39, 0.29) is 43.3 Å². The van der Waals surface area contributed by atoms with E-state index in [4.69, 9.17) is 14.6 Å². The molecule has 6 rings (SSSR count). The highest BCUT2D eigenvalue weighted by Gasteiger charge is 2.60. The van der Waals surface area contributed by atoms with Crippen LogP contribution in [0.15, 0.2) is 28.7 Å². The van der Waals surface area contributed by atoms with Gasteiger partial charge in [-0.3, -0.25) is 14.2 Å². The van der Waals surface area contributed by atoms with Crippen LogP contribution in [0.2, 0.25) is 0 Å². The van der Waals surface area contributed by atoms with E-state index in [1.807, 2.05) is 0 Å². The van der Waals surface area contributed by atoms with E-state index in [9.17, 15) is 33.1 Å². The first kappa shape index (κ1) is 43.2. The predicted molar refractivity (Wildman–Crippen MR) is 208 cm³/mol. The molecule has 1 aromatic heterocycles. The third-order valence-electron chi connectivity index (χ3n) is 14.3. The number of amides is 3. The van der Waals surface area contributed by atoms with Crippen LogP contribution in [0.5, 0.6) is 0 Å². The van der Waals surface area contributed by atoms with Crippen molar-refractivity contribution in [2.45, 2.75) is 148 Å². The zero-order valence-corrected chi connectivity index (χ0v) is 33.9. The third kappa shape index (κ3) is 9.25. The zero-order chi connectivity index (χ0) is 41.1. The van der Waals surface area contributed by atoms with E-state index in [1.165, 1.54) is 56.9 Å². The van der Waals surface area contributed by atoms with Crippen LogP contribution in [0.25, 0.3) is 0 Å². The number of carbonyl (C=O) groups excluding carboxylic acids is 3. The smallest absolute Gasteiger partial charge is 0.407 e. The summed E-state index contributed by atoms with van der Waals surface area (Å²) in [5.74, 6) is -1.26. The molecule has 1 aliphatic heterocycles. The first-order valence-electron chi connectivity index (χ1n) is 21.2. The van der Waals surface area contributed by atoms with Crippen molar-refractivity contribution >= 4 is 23.7 Å². The van der Waals surface area contributed by atoms with E-state index in [1.54, 1.807) is 0 Å². The minimum atomic E-state index is -3.87. The monoisotopic (exact) mass is 803 g/mol. The number of aliphatic hydroxyl groups excluding tert-OH is 2. The Kier molecular flexibility index (Phi) is 13.5. The number of aliphatic hydroxyl groups is 2. The predicted octanol–water partition coefficient (Wildman–Crippen LogP) is 5.85. The summed E-state index contributed by atoms with van der Waals surface area (Å²) in [7, 11) is 0. The van der Waals surface area contributed by atoms with Crippen LogP contribution >= 0.6 is 0 Å². The second-order valence-electron chi connectivity index (χ2n) is 18.2. The highest BCUT2D eigenvalue weighted by atomic mass is 19.3. The largest absolute Gasteiger partial charge is 0.446 e. The molecule has 1 saturated heterocycles. The van der Waals surface area contributed by atoms with Crippen molar-refractivity contribution in [1.29, 1.82) is 0 Å². The lowest BCUT2D eigenvalue weighted by atomic mass is 9.47. The fourth-order valence-electron chi connectivity index (χ4n) is 11.1. The number of aromatic nitrogens is 2. The molecule has 2 heterocycles. The van der Waals surface area contributed by atoms with Crippen LogP contribution in [0.1, 0.15) is 124 Å². The molecule has 3 amide bonds. The van der Waals surface area contributed by atoms with Gasteiger partial charge in [0, 0.05) is 38.5 Å². The van der Waals surface area contributed by atoms with Gasteiger partial charge in [-0.25, -0.2) is 9.59 Å². The van der Waals surface area contributed by atoms with Crippen molar-refractivity contribution in [1.82, 2.24) is 20.2 Å². The summed E-state index contributed by atoms with van der Waals surface area (Å²) in [6.45, 7) is 9.13. The fraction of sp³-hybridized carbons (Fsp3) is 0.786. The van der Waals surface area contributed by atoms with Crippen molar-refractivity contribution in [2.75, 3.05) is 25.0 Å². The second-order valence-corrected chi connectivity index (χ2v) is 18.2. The number of nitrogens with zero attached hydrogens (tertiary/aromatic N) is 2. The number of carbonyl (C=O) groups is 3. The van der Waals surface area contributed by atoms with E-state index < -0.39 is 54.6 Å². The number of rotatable bonds is 15. The third-order valence-corrected chi connectivity index (χ3v) is 14.3.